The van der Waals surface area contributed by atoms with Gasteiger partial charge in [-0.1, -0.05) is 0 Å². The molecule has 162 valence electrons. The van der Waals surface area contributed by atoms with Crippen LogP contribution >= 0.6 is 0 Å². The Morgan fingerprint density at radius 3 is 2.22 bits per heavy atom. The van der Waals surface area contributed by atoms with Crippen LogP contribution in [0.3, 0.4) is 0 Å². The average Bonchev–Trinajstić information content (AvgIpc) is 3.10. The van der Waals surface area contributed by atoms with Crippen molar-refractivity contribution in [3.05, 3.63) is 83.7 Å². The van der Waals surface area contributed by atoms with E-state index in [1.165, 1.54) is 6.07 Å². The molecule has 2 amide bonds. The molecule has 0 aliphatic heterocycles. The van der Waals surface area contributed by atoms with E-state index in [2.05, 4.69) is 25.9 Å². The summed E-state index contributed by atoms with van der Waals surface area (Å²) in [5, 5.41) is 17.6. The Labute approximate surface area is 181 Å². The van der Waals surface area contributed by atoms with Gasteiger partial charge in [0.1, 0.15) is 5.75 Å². The van der Waals surface area contributed by atoms with Crippen molar-refractivity contribution in [2.45, 2.75) is 13.8 Å². The molecule has 0 aliphatic rings. The molecule has 0 radical (unpaired) electrons. The van der Waals surface area contributed by atoms with Crippen LogP contribution in [-0.2, 0) is 0 Å². The summed E-state index contributed by atoms with van der Waals surface area (Å²) in [4.78, 5) is 12.0. The maximum atomic E-state index is 13.2. The average molecular weight is 436 g/mol. The highest BCUT2D eigenvalue weighted by atomic mass is 19.2. The number of amides is 2. The number of ether oxygens (including phenoxy) is 1. The summed E-state index contributed by atoms with van der Waals surface area (Å²) < 4.78 is 33.6. The lowest BCUT2D eigenvalue weighted by Crippen LogP contribution is -2.19. The lowest BCUT2D eigenvalue weighted by molar-refractivity contribution is 0.262. The summed E-state index contributed by atoms with van der Waals surface area (Å²) in [5.41, 5.74) is 2.44. The fourth-order valence-electron chi connectivity index (χ4n) is 2.94. The molecular formula is C22H18F2N6O2. The Morgan fingerprint density at radius 1 is 0.875 bits per heavy atom. The van der Waals surface area contributed by atoms with E-state index < -0.39 is 17.7 Å². The van der Waals surface area contributed by atoms with Crippen LogP contribution in [0.15, 0.2) is 60.7 Å². The number of nitrogens with one attached hydrogen (secondary N) is 2. The first kappa shape index (κ1) is 20.9. The highest BCUT2D eigenvalue weighted by molar-refractivity contribution is 5.99. The molecule has 4 rings (SSSR count). The molecule has 0 fully saturated rings. The van der Waals surface area contributed by atoms with Crippen molar-refractivity contribution < 1.29 is 18.3 Å². The number of carbonyl (C=O) groups is 1. The van der Waals surface area contributed by atoms with E-state index in [0.29, 0.717) is 23.1 Å². The predicted molar refractivity (Wildman–Crippen MR) is 114 cm³/mol. The number of rotatable bonds is 5. The second-order valence-electron chi connectivity index (χ2n) is 6.90. The van der Waals surface area contributed by atoms with Crippen LogP contribution in [0, 0.1) is 25.5 Å². The maximum Gasteiger partial charge on any atom is 0.323 e. The van der Waals surface area contributed by atoms with Crippen molar-refractivity contribution in [2.75, 3.05) is 10.6 Å². The van der Waals surface area contributed by atoms with Crippen molar-refractivity contribution in [3.8, 4) is 17.4 Å². The Balaban J connectivity index is 1.35. The van der Waals surface area contributed by atoms with Gasteiger partial charge < -0.3 is 15.4 Å². The summed E-state index contributed by atoms with van der Waals surface area (Å²) in [6.07, 6.45) is 0. The maximum absolute atomic E-state index is 13.2. The molecule has 0 unspecified atom stereocenters. The minimum atomic E-state index is -1.05. The lowest BCUT2D eigenvalue weighted by atomic mass is 10.3. The summed E-state index contributed by atoms with van der Waals surface area (Å²) >= 11 is 0. The summed E-state index contributed by atoms with van der Waals surface area (Å²) in [7, 11) is 0. The van der Waals surface area contributed by atoms with Gasteiger partial charge in [-0.05, 0) is 62.4 Å². The van der Waals surface area contributed by atoms with Gasteiger partial charge in [-0.2, -0.15) is 5.10 Å². The van der Waals surface area contributed by atoms with Gasteiger partial charge >= 0.3 is 6.03 Å². The van der Waals surface area contributed by atoms with Crippen LogP contribution in [0.2, 0.25) is 0 Å². The van der Waals surface area contributed by atoms with E-state index in [4.69, 9.17) is 4.74 Å². The van der Waals surface area contributed by atoms with Crippen molar-refractivity contribution in [3.63, 3.8) is 0 Å². The normalized spacial score (nSPS) is 10.6. The quantitative estimate of drug-likeness (QED) is 0.460. The van der Waals surface area contributed by atoms with Gasteiger partial charge in [0.05, 0.1) is 5.69 Å². The first-order valence-electron chi connectivity index (χ1n) is 9.56. The summed E-state index contributed by atoms with van der Waals surface area (Å²) in [6.45, 7) is 3.83. The zero-order chi connectivity index (χ0) is 22.7. The number of halogens is 2. The van der Waals surface area contributed by atoms with E-state index in [0.717, 1.165) is 23.5 Å². The van der Waals surface area contributed by atoms with Gasteiger partial charge in [0.25, 0.3) is 0 Å². The molecule has 2 heterocycles. The molecule has 2 aromatic carbocycles. The molecule has 10 heteroatoms. The largest absolute Gasteiger partial charge is 0.438 e. The second kappa shape index (κ2) is 8.80. The number of benzene rings is 2. The number of aromatic nitrogens is 4. The van der Waals surface area contributed by atoms with Crippen molar-refractivity contribution in [1.29, 1.82) is 0 Å². The van der Waals surface area contributed by atoms with Gasteiger partial charge in [0, 0.05) is 29.2 Å². The SMILES string of the molecule is Cc1cc(C)n(-c2ccc(Oc3ccc(NC(=O)Nc4ccc(F)c(F)c4)cc3)nn2)n1. The third-order valence-corrected chi connectivity index (χ3v) is 4.36. The molecule has 2 N–H and O–H groups in total. The second-order valence-corrected chi connectivity index (χ2v) is 6.90. The van der Waals surface area contributed by atoms with E-state index in [1.807, 2.05) is 19.9 Å². The zero-order valence-electron chi connectivity index (χ0n) is 17.1. The first-order valence-corrected chi connectivity index (χ1v) is 9.56. The molecule has 0 bridgehead atoms. The highest BCUT2D eigenvalue weighted by Gasteiger charge is 2.09. The number of anilines is 2. The lowest BCUT2D eigenvalue weighted by Gasteiger charge is -2.09. The third-order valence-electron chi connectivity index (χ3n) is 4.36. The van der Waals surface area contributed by atoms with Gasteiger partial charge in [0.15, 0.2) is 17.5 Å². The number of urea groups is 1. The number of aryl methyl sites for hydroxylation is 2. The van der Waals surface area contributed by atoms with Crippen molar-refractivity contribution >= 4 is 17.4 Å². The molecule has 32 heavy (non-hydrogen) atoms. The molecule has 0 saturated carbocycles. The number of nitrogens with zero attached hydrogens (tertiary/aromatic N) is 4. The molecule has 0 spiro atoms. The molecular weight excluding hydrogens is 418 g/mol. The standard InChI is InChI=1S/C22H18F2N6O2/c1-13-11-14(2)30(29-13)20-9-10-21(28-27-20)32-17-6-3-15(4-7-17)25-22(31)26-16-5-8-18(23)19(24)12-16/h3-12H,1-2H3,(H2,25,26,31). The molecule has 0 saturated heterocycles. The monoisotopic (exact) mass is 436 g/mol. The van der Waals surface area contributed by atoms with E-state index in [1.54, 1.807) is 41.1 Å². The van der Waals surface area contributed by atoms with Crippen molar-refractivity contribution in [2.24, 2.45) is 0 Å². The van der Waals surface area contributed by atoms with Gasteiger partial charge in [0.2, 0.25) is 5.88 Å². The van der Waals surface area contributed by atoms with Crippen molar-refractivity contribution in [1.82, 2.24) is 20.0 Å². The fraction of sp³-hybridized carbons (Fsp3) is 0.0909. The third kappa shape index (κ3) is 4.86. The molecule has 8 nitrogen and oxygen atoms in total. The van der Waals surface area contributed by atoms with Gasteiger partial charge in [-0.3, -0.25) is 0 Å². The van der Waals surface area contributed by atoms with Gasteiger partial charge in [-0.15, -0.1) is 10.2 Å². The predicted octanol–water partition coefficient (Wildman–Crippen LogP) is 4.99. The number of hydrogen-bond acceptors (Lipinski definition) is 5. The van der Waals surface area contributed by atoms with E-state index in [-0.39, 0.29) is 5.69 Å². The molecule has 0 aliphatic carbocycles. The molecule has 4 aromatic rings. The van der Waals surface area contributed by atoms with E-state index in [9.17, 15) is 13.6 Å². The number of hydrogen-bond donors (Lipinski definition) is 2. The van der Waals surface area contributed by atoms with Crippen LogP contribution in [0.25, 0.3) is 5.82 Å². The Hall–Kier alpha value is -4.34. The van der Waals surface area contributed by atoms with Crippen LogP contribution in [0.4, 0.5) is 25.0 Å². The van der Waals surface area contributed by atoms with Crippen LogP contribution in [0.5, 0.6) is 11.6 Å². The Kier molecular flexibility index (Phi) is 5.75. The first-order chi connectivity index (χ1) is 15.4. The topological polar surface area (TPSA) is 94.0 Å². The minimum Gasteiger partial charge on any atom is -0.438 e. The van der Waals surface area contributed by atoms with E-state index >= 15 is 0 Å². The van der Waals surface area contributed by atoms with Crippen LogP contribution < -0.4 is 15.4 Å². The van der Waals surface area contributed by atoms with Crippen LogP contribution in [-0.4, -0.2) is 26.0 Å². The molecule has 0 atom stereocenters. The van der Waals surface area contributed by atoms with Gasteiger partial charge in [-0.25, -0.2) is 18.3 Å². The smallest absolute Gasteiger partial charge is 0.323 e. The number of carbonyl (C=O) groups excluding carboxylic acids is 1. The minimum absolute atomic E-state index is 0.129. The highest BCUT2D eigenvalue weighted by Crippen LogP contribution is 2.22. The summed E-state index contributed by atoms with van der Waals surface area (Å²) in [5.74, 6) is -0.667. The zero-order valence-corrected chi connectivity index (χ0v) is 17.1. The fourth-order valence-corrected chi connectivity index (χ4v) is 2.94. The Bertz CT molecular complexity index is 1260. The van der Waals surface area contributed by atoms with Crippen LogP contribution in [0.1, 0.15) is 11.4 Å². The summed E-state index contributed by atoms with van der Waals surface area (Å²) in [6, 6.07) is 14.4. The Morgan fingerprint density at radius 2 is 1.59 bits per heavy atom. The molecule has 2 aromatic heterocycles.